The van der Waals surface area contributed by atoms with Gasteiger partial charge in [0.15, 0.2) is 0 Å². The molecule has 0 N–H and O–H groups in total. The Bertz CT molecular complexity index is 125. The molecule has 0 aromatic rings. The average Bonchev–Trinajstić information content (AvgIpc) is 1.67. The van der Waals surface area contributed by atoms with Crippen molar-refractivity contribution in [3.8, 4) is 6.07 Å². The monoisotopic (exact) mass is 112 g/mol. The molecule has 0 heterocycles. The molecule has 0 aromatic heterocycles. The molecule has 0 fully saturated rings. The summed E-state index contributed by atoms with van der Waals surface area (Å²) in [4.78, 5) is 9.83. The molecule has 0 aromatic carbocycles. The van der Waals surface area contributed by atoms with Crippen LogP contribution in [0.5, 0.6) is 0 Å². The lowest BCUT2D eigenvalue weighted by Crippen LogP contribution is -2.29. The second-order valence-corrected chi connectivity index (χ2v) is 1.58. The van der Waals surface area contributed by atoms with Gasteiger partial charge in [-0.2, -0.15) is 5.26 Å². The van der Waals surface area contributed by atoms with E-state index in [4.69, 9.17) is 5.26 Å². The summed E-state index contributed by atoms with van der Waals surface area (Å²) in [6.45, 7) is 1.44. The Morgan fingerprint density at radius 2 is 2.50 bits per heavy atom. The number of nitrogens with zero attached hydrogens (tertiary/aromatic N) is 1. The van der Waals surface area contributed by atoms with Crippen LogP contribution in [0.3, 0.4) is 0 Å². The zero-order valence-corrected chi connectivity index (χ0v) is 4.55. The minimum absolute atomic E-state index is 0.0301. The van der Waals surface area contributed by atoms with Crippen LogP contribution in [-0.2, 0) is 4.79 Å². The van der Waals surface area contributed by atoms with Gasteiger partial charge in [0.25, 0.3) is 0 Å². The molecule has 0 aliphatic carbocycles. The summed E-state index contributed by atoms with van der Waals surface area (Å²) in [6, 6.07) is 1.73. The van der Waals surface area contributed by atoms with Crippen LogP contribution in [0.1, 0.15) is 13.3 Å². The Balaban J connectivity index is 3.52. The SMILES string of the molecule is CC(CC#N)C(=O)[O-]. The average molecular weight is 112 g/mol. The summed E-state index contributed by atoms with van der Waals surface area (Å²) in [7, 11) is 0. The lowest BCUT2D eigenvalue weighted by Gasteiger charge is -2.05. The van der Waals surface area contributed by atoms with Crippen LogP contribution < -0.4 is 5.11 Å². The van der Waals surface area contributed by atoms with Gasteiger partial charge in [0.2, 0.25) is 0 Å². The number of hydrogen-bond acceptors (Lipinski definition) is 3. The molecule has 3 heteroatoms. The Hall–Kier alpha value is -1.04. The normalized spacial score (nSPS) is 12.0. The van der Waals surface area contributed by atoms with Gasteiger partial charge in [-0.05, 0) is 0 Å². The van der Waals surface area contributed by atoms with Gasteiger partial charge >= 0.3 is 0 Å². The zero-order valence-electron chi connectivity index (χ0n) is 4.55. The zero-order chi connectivity index (χ0) is 6.57. The van der Waals surface area contributed by atoms with Gasteiger partial charge in [-0.3, -0.25) is 0 Å². The number of carboxylic acids is 1. The van der Waals surface area contributed by atoms with Crippen molar-refractivity contribution in [2.75, 3.05) is 0 Å². The molecule has 8 heavy (non-hydrogen) atoms. The number of carbonyl (C=O) groups is 1. The van der Waals surface area contributed by atoms with Crippen molar-refractivity contribution in [1.82, 2.24) is 0 Å². The second kappa shape index (κ2) is 3.03. The fourth-order valence-electron chi connectivity index (χ4n) is 0.220. The highest BCUT2D eigenvalue weighted by atomic mass is 16.4. The van der Waals surface area contributed by atoms with E-state index in [1.54, 1.807) is 6.07 Å². The summed E-state index contributed by atoms with van der Waals surface area (Å²) >= 11 is 0. The second-order valence-electron chi connectivity index (χ2n) is 1.58. The van der Waals surface area contributed by atoms with Gasteiger partial charge < -0.3 is 9.90 Å². The number of rotatable bonds is 2. The van der Waals surface area contributed by atoms with E-state index < -0.39 is 11.9 Å². The predicted octanol–water partition coefficient (Wildman–Crippen LogP) is -0.714. The number of carbonyl (C=O) groups excluding carboxylic acids is 1. The molecule has 3 nitrogen and oxygen atoms in total. The van der Waals surface area contributed by atoms with Gasteiger partial charge in [-0.15, -0.1) is 0 Å². The molecule has 0 rings (SSSR count). The van der Waals surface area contributed by atoms with Gasteiger partial charge in [-0.25, -0.2) is 0 Å². The van der Waals surface area contributed by atoms with Crippen LogP contribution in [0.2, 0.25) is 0 Å². The van der Waals surface area contributed by atoms with Gasteiger partial charge in [0.1, 0.15) is 0 Å². The molecule has 0 saturated heterocycles. The van der Waals surface area contributed by atoms with Gasteiger partial charge in [0, 0.05) is 18.3 Å². The van der Waals surface area contributed by atoms with E-state index in [1.165, 1.54) is 6.92 Å². The highest BCUT2D eigenvalue weighted by molar-refractivity contribution is 5.67. The molecule has 0 aliphatic rings. The Morgan fingerprint density at radius 1 is 2.00 bits per heavy atom. The van der Waals surface area contributed by atoms with Crippen molar-refractivity contribution in [2.45, 2.75) is 13.3 Å². The van der Waals surface area contributed by atoms with E-state index in [9.17, 15) is 9.90 Å². The molecule has 0 spiro atoms. The van der Waals surface area contributed by atoms with E-state index in [0.29, 0.717) is 0 Å². The first-order chi connectivity index (χ1) is 3.68. The summed E-state index contributed by atoms with van der Waals surface area (Å²) in [5, 5.41) is 17.8. The Labute approximate surface area is 47.5 Å². The minimum Gasteiger partial charge on any atom is -0.550 e. The Morgan fingerprint density at radius 3 is 2.62 bits per heavy atom. The smallest absolute Gasteiger partial charge is 0.0628 e. The number of hydrogen-bond donors (Lipinski definition) is 0. The van der Waals surface area contributed by atoms with E-state index in [-0.39, 0.29) is 6.42 Å². The lowest BCUT2D eigenvalue weighted by atomic mass is 10.1. The fourth-order valence-corrected chi connectivity index (χ4v) is 0.220. The maximum Gasteiger partial charge on any atom is 0.0628 e. The molecule has 44 valence electrons. The molecule has 1 unspecified atom stereocenters. The summed E-state index contributed by atoms with van der Waals surface area (Å²) in [5.74, 6) is -1.80. The van der Waals surface area contributed by atoms with Crippen LogP contribution in [0.25, 0.3) is 0 Å². The van der Waals surface area contributed by atoms with E-state index in [1.807, 2.05) is 0 Å². The highest BCUT2D eigenvalue weighted by Crippen LogP contribution is 1.95. The van der Waals surface area contributed by atoms with Crippen molar-refractivity contribution in [1.29, 1.82) is 5.26 Å². The van der Waals surface area contributed by atoms with Crippen molar-refractivity contribution < 1.29 is 9.90 Å². The van der Waals surface area contributed by atoms with Crippen molar-refractivity contribution in [3.63, 3.8) is 0 Å². The highest BCUT2D eigenvalue weighted by Gasteiger charge is 1.98. The molecule has 0 radical (unpaired) electrons. The van der Waals surface area contributed by atoms with Crippen LogP contribution in [-0.4, -0.2) is 5.97 Å². The van der Waals surface area contributed by atoms with Gasteiger partial charge in [-0.1, -0.05) is 6.92 Å². The van der Waals surface area contributed by atoms with Crippen LogP contribution in [0, 0.1) is 17.2 Å². The molecular formula is C5H6NO2-. The third-order valence-corrected chi connectivity index (χ3v) is 0.800. The largest absolute Gasteiger partial charge is 0.550 e. The first kappa shape index (κ1) is 6.96. The fraction of sp³-hybridized carbons (Fsp3) is 0.600. The molecule has 1 atom stereocenters. The summed E-state index contributed by atoms with van der Waals surface area (Å²) in [5.41, 5.74) is 0. The topological polar surface area (TPSA) is 63.9 Å². The van der Waals surface area contributed by atoms with Gasteiger partial charge in [0.05, 0.1) is 6.07 Å². The first-order valence-corrected chi connectivity index (χ1v) is 2.26. The standard InChI is InChI=1S/C5H7NO2/c1-4(2-3-6)5(7)8/h4H,2H2,1H3,(H,7,8)/p-1. The molecule has 0 bridgehead atoms. The predicted molar refractivity (Wildman–Crippen MR) is 24.4 cm³/mol. The van der Waals surface area contributed by atoms with Crippen molar-refractivity contribution >= 4 is 5.97 Å². The van der Waals surface area contributed by atoms with Crippen molar-refractivity contribution in [3.05, 3.63) is 0 Å². The quantitative estimate of drug-likeness (QED) is 0.473. The lowest BCUT2D eigenvalue weighted by molar-refractivity contribution is -0.310. The number of nitriles is 1. The Kier molecular flexibility index (Phi) is 2.63. The van der Waals surface area contributed by atoms with E-state index in [2.05, 4.69) is 0 Å². The molecule has 0 aliphatic heterocycles. The third kappa shape index (κ3) is 2.19. The summed E-state index contributed by atoms with van der Waals surface area (Å²) in [6.07, 6.45) is 0.0301. The van der Waals surface area contributed by atoms with E-state index in [0.717, 1.165) is 0 Å². The number of carboxylic acid groups (broad SMARTS) is 1. The maximum atomic E-state index is 9.83. The van der Waals surface area contributed by atoms with E-state index >= 15 is 0 Å². The van der Waals surface area contributed by atoms with Crippen LogP contribution in [0.4, 0.5) is 0 Å². The first-order valence-electron chi connectivity index (χ1n) is 2.26. The summed E-state index contributed by atoms with van der Waals surface area (Å²) < 4.78 is 0. The third-order valence-electron chi connectivity index (χ3n) is 0.800. The minimum atomic E-state index is -1.16. The molecular weight excluding hydrogens is 106 g/mol. The maximum absolute atomic E-state index is 9.83. The van der Waals surface area contributed by atoms with Crippen LogP contribution >= 0.6 is 0 Å². The van der Waals surface area contributed by atoms with Crippen LogP contribution in [0.15, 0.2) is 0 Å². The van der Waals surface area contributed by atoms with Crippen molar-refractivity contribution in [2.24, 2.45) is 5.92 Å². The molecule has 0 saturated carbocycles. The number of aliphatic carboxylic acids is 1. The molecule has 0 amide bonds.